The second kappa shape index (κ2) is 5.12. The Hall–Kier alpha value is -0.650. The number of rotatable bonds is 4. The lowest BCUT2D eigenvalue weighted by molar-refractivity contribution is 0.654. The highest BCUT2D eigenvalue weighted by Crippen LogP contribution is 2.32. The second-order valence-corrected chi connectivity index (χ2v) is 5.29. The van der Waals surface area contributed by atoms with Gasteiger partial charge in [-0.25, -0.2) is 0 Å². The molecule has 1 N–H and O–H groups in total. The molecule has 3 nitrogen and oxygen atoms in total. The van der Waals surface area contributed by atoms with Crippen molar-refractivity contribution in [3.63, 3.8) is 0 Å². The molecule has 2 heterocycles. The van der Waals surface area contributed by atoms with E-state index >= 15 is 0 Å². The molecule has 0 aliphatic heterocycles. The molecule has 0 saturated heterocycles. The lowest BCUT2D eigenvalue weighted by atomic mass is 10.1. The van der Waals surface area contributed by atoms with Gasteiger partial charge < -0.3 is 5.32 Å². The molecule has 2 rings (SSSR count). The van der Waals surface area contributed by atoms with Gasteiger partial charge in [0.1, 0.15) is 0 Å². The minimum absolute atomic E-state index is 0.217. The lowest BCUT2D eigenvalue weighted by Gasteiger charge is -2.13. The van der Waals surface area contributed by atoms with Crippen molar-refractivity contribution in [3.8, 4) is 0 Å². The van der Waals surface area contributed by atoms with Gasteiger partial charge in [-0.2, -0.15) is 5.10 Å². The van der Waals surface area contributed by atoms with E-state index in [1.165, 1.54) is 10.4 Å². The van der Waals surface area contributed by atoms with Gasteiger partial charge in [0.25, 0.3) is 0 Å². The first-order valence-corrected chi connectivity index (χ1v) is 6.86. The number of hydrogen-bond acceptors (Lipinski definition) is 3. The summed E-state index contributed by atoms with van der Waals surface area (Å²) >= 11 is 5.32. The summed E-state index contributed by atoms with van der Waals surface area (Å²) in [7, 11) is 1.97. The summed E-state index contributed by atoms with van der Waals surface area (Å²) in [5.41, 5.74) is 1.20. The van der Waals surface area contributed by atoms with E-state index in [1.807, 2.05) is 17.9 Å². The Morgan fingerprint density at radius 1 is 1.62 bits per heavy atom. The average Bonchev–Trinajstić information content (AvgIpc) is 2.90. The summed E-state index contributed by atoms with van der Waals surface area (Å²) in [6, 6.07) is 2.30. The molecule has 0 amide bonds. The van der Waals surface area contributed by atoms with Gasteiger partial charge in [-0.15, -0.1) is 11.3 Å². The molecule has 5 heteroatoms. The Morgan fingerprint density at radius 3 is 2.94 bits per heavy atom. The third kappa shape index (κ3) is 2.21. The summed E-state index contributed by atoms with van der Waals surface area (Å²) in [5.74, 6) is 0. The summed E-state index contributed by atoms with van der Waals surface area (Å²) in [6.07, 6.45) is 4.02. The zero-order valence-electron chi connectivity index (χ0n) is 9.27. The van der Waals surface area contributed by atoms with E-state index in [0.29, 0.717) is 0 Å². The van der Waals surface area contributed by atoms with Gasteiger partial charge in [0, 0.05) is 27.7 Å². The highest BCUT2D eigenvalue weighted by molar-refractivity contribution is 9.10. The van der Waals surface area contributed by atoms with Crippen molar-refractivity contribution in [2.75, 3.05) is 7.05 Å². The largest absolute Gasteiger partial charge is 0.309 e. The van der Waals surface area contributed by atoms with Crippen molar-refractivity contribution in [1.29, 1.82) is 0 Å². The van der Waals surface area contributed by atoms with Crippen LogP contribution in [0, 0.1) is 0 Å². The molecular formula is C11H14BrN3S. The SMILES string of the molecule is CCn1cc(C(NC)c2sccc2Br)cn1. The van der Waals surface area contributed by atoms with Crippen molar-refractivity contribution >= 4 is 27.3 Å². The zero-order valence-corrected chi connectivity index (χ0v) is 11.7. The maximum absolute atomic E-state index is 4.31. The molecule has 1 atom stereocenters. The van der Waals surface area contributed by atoms with Gasteiger partial charge in [-0.1, -0.05) is 0 Å². The van der Waals surface area contributed by atoms with Crippen molar-refractivity contribution in [2.24, 2.45) is 0 Å². The topological polar surface area (TPSA) is 29.9 Å². The molecule has 86 valence electrons. The second-order valence-electron chi connectivity index (χ2n) is 3.48. The van der Waals surface area contributed by atoms with E-state index < -0.39 is 0 Å². The molecule has 2 aromatic heterocycles. The molecule has 2 aromatic rings. The Balaban J connectivity index is 2.32. The number of thiophene rings is 1. The van der Waals surface area contributed by atoms with Crippen molar-refractivity contribution in [3.05, 3.63) is 38.8 Å². The first-order chi connectivity index (χ1) is 7.76. The fourth-order valence-corrected chi connectivity index (χ4v) is 3.40. The summed E-state index contributed by atoms with van der Waals surface area (Å²) < 4.78 is 3.10. The molecular weight excluding hydrogens is 286 g/mol. The smallest absolute Gasteiger partial charge is 0.0711 e. The standard InChI is InChI=1S/C11H14BrN3S/c1-3-15-7-8(6-14-15)10(13-2)11-9(12)4-5-16-11/h4-7,10,13H,3H2,1-2H3. The Morgan fingerprint density at radius 2 is 2.44 bits per heavy atom. The molecule has 0 saturated carbocycles. The van der Waals surface area contributed by atoms with E-state index in [-0.39, 0.29) is 6.04 Å². The Bertz CT molecular complexity index is 463. The molecule has 0 radical (unpaired) electrons. The van der Waals surface area contributed by atoms with Gasteiger partial charge in [0.15, 0.2) is 0 Å². The maximum atomic E-state index is 4.31. The van der Waals surface area contributed by atoms with E-state index in [0.717, 1.165) is 11.0 Å². The van der Waals surface area contributed by atoms with Crippen LogP contribution in [0.15, 0.2) is 28.3 Å². The number of nitrogens with zero attached hydrogens (tertiary/aromatic N) is 2. The highest BCUT2D eigenvalue weighted by Gasteiger charge is 2.17. The first kappa shape index (κ1) is 11.8. The zero-order chi connectivity index (χ0) is 11.5. The number of aromatic nitrogens is 2. The van der Waals surface area contributed by atoms with E-state index in [1.54, 1.807) is 11.3 Å². The van der Waals surface area contributed by atoms with Crippen LogP contribution in [0.25, 0.3) is 0 Å². The summed E-state index contributed by atoms with van der Waals surface area (Å²) in [4.78, 5) is 1.29. The minimum atomic E-state index is 0.217. The van der Waals surface area contributed by atoms with Crippen LogP contribution in [0.1, 0.15) is 23.4 Å². The third-order valence-corrected chi connectivity index (χ3v) is 4.44. The van der Waals surface area contributed by atoms with Gasteiger partial charge in [-0.05, 0) is 41.3 Å². The van der Waals surface area contributed by atoms with E-state index in [4.69, 9.17) is 0 Å². The quantitative estimate of drug-likeness (QED) is 0.940. The predicted octanol–water partition coefficient (Wildman–Crippen LogP) is 3.04. The first-order valence-electron chi connectivity index (χ1n) is 5.18. The Kier molecular flexibility index (Phi) is 3.78. The van der Waals surface area contributed by atoms with Crippen LogP contribution in [-0.2, 0) is 6.54 Å². The number of nitrogens with one attached hydrogen (secondary N) is 1. The van der Waals surface area contributed by atoms with Crippen molar-refractivity contribution in [2.45, 2.75) is 19.5 Å². The highest BCUT2D eigenvalue weighted by atomic mass is 79.9. The third-order valence-electron chi connectivity index (χ3n) is 2.51. The number of halogens is 1. The molecule has 0 aliphatic carbocycles. The van der Waals surface area contributed by atoms with Gasteiger partial charge >= 0.3 is 0 Å². The number of hydrogen-bond donors (Lipinski definition) is 1. The van der Waals surface area contributed by atoms with E-state index in [2.05, 4.69) is 50.9 Å². The number of aryl methyl sites for hydroxylation is 1. The fourth-order valence-electron chi connectivity index (χ4n) is 1.66. The van der Waals surface area contributed by atoms with E-state index in [9.17, 15) is 0 Å². The van der Waals surface area contributed by atoms with Crippen LogP contribution in [0.2, 0.25) is 0 Å². The van der Waals surface area contributed by atoms with Crippen LogP contribution in [0.4, 0.5) is 0 Å². The average molecular weight is 300 g/mol. The van der Waals surface area contributed by atoms with Crippen LogP contribution >= 0.6 is 27.3 Å². The van der Waals surface area contributed by atoms with Crippen molar-refractivity contribution < 1.29 is 0 Å². The predicted molar refractivity (Wildman–Crippen MR) is 70.8 cm³/mol. The van der Waals surface area contributed by atoms with Crippen molar-refractivity contribution in [1.82, 2.24) is 15.1 Å². The summed E-state index contributed by atoms with van der Waals surface area (Å²) in [6.45, 7) is 2.99. The fraction of sp³-hybridized carbons (Fsp3) is 0.364. The van der Waals surface area contributed by atoms with Crippen LogP contribution in [-0.4, -0.2) is 16.8 Å². The van der Waals surface area contributed by atoms with Gasteiger partial charge in [0.05, 0.1) is 12.2 Å². The van der Waals surface area contributed by atoms with Crippen LogP contribution in [0.3, 0.4) is 0 Å². The maximum Gasteiger partial charge on any atom is 0.0711 e. The molecule has 0 aliphatic rings. The molecule has 0 spiro atoms. The minimum Gasteiger partial charge on any atom is -0.309 e. The summed E-state index contributed by atoms with van der Waals surface area (Å²) in [5, 5.41) is 9.73. The molecule has 0 bridgehead atoms. The molecule has 0 fully saturated rings. The monoisotopic (exact) mass is 299 g/mol. The molecule has 0 aromatic carbocycles. The van der Waals surface area contributed by atoms with Gasteiger partial charge in [-0.3, -0.25) is 4.68 Å². The van der Waals surface area contributed by atoms with Crippen LogP contribution < -0.4 is 5.32 Å². The molecule has 16 heavy (non-hydrogen) atoms. The molecule has 1 unspecified atom stereocenters. The van der Waals surface area contributed by atoms with Crippen LogP contribution in [0.5, 0.6) is 0 Å². The van der Waals surface area contributed by atoms with Gasteiger partial charge in [0.2, 0.25) is 0 Å². The lowest BCUT2D eigenvalue weighted by Crippen LogP contribution is -2.16. The normalized spacial score (nSPS) is 12.9. The Labute approximate surface area is 108 Å².